The van der Waals surface area contributed by atoms with Gasteiger partial charge < -0.3 is 15.5 Å². The monoisotopic (exact) mass is 464 g/mol. The highest BCUT2D eigenvalue weighted by molar-refractivity contribution is 6.30. The molecule has 0 bridgehead atoms. The number of carbonyl (C=O) groups excluding carboxylic acids is 3. The molecule has 1 aliphatic heterocycles. The zero-order valence-corrected chi connectivity index (χ0v) is 18.5. The summed E-state index contributed by atoms with van der Waals surface area (Å²) >= 11 is 5.87. The quantitative estimate of drug-likeness (QED) is 0.595. The van der Waals surface area contributed by atoms with Gasteiger partial charge in [0.15, 0.2) is 11.4 Å². The van der Waals surface area contributed by atoms with Crippen molar-refractivity contribution in [2.24, 2.45) is 0 Å². The molecule has 0 atom stereocenters. The molecule has 2 heterocycles. The van der Waals surface area contributed by atoms with E-state index < -0.39 is 11.8 Å². The van der Waals surface area contributed by atoms with Gasteiger partial charge in [0.25, 0.3) is 11.8 Å². The number of halogens is 1. The Hall–Kier alpha value is -3.98. The van der Waals surface area contributed by atoms with Crippen LogP contribution in [-0.4, -0.2) is 52.9 Å². The normalized spacial score (nSPS) is 13.6. The number of hydrogen-bond acceptors (Lipinski definition) is 5. The Labute approximate surface area is 195 Å². The van der Waals surface area contributed by atoms with Gasteiger partial charge in [-0.3, -0.25) is 14.5 Å². The van der Waals surface area contributed by atoms with E-state index in [0.29, 0.717) is 22.9 Å². The average Bonchev–Trinajstić information content (AvgIpc) is 2.83. The Morgan fingerprint density at radius 3 is 1.91 bits per heavy atom. The largest absolute Gasteiger partial charge is 0.327 e. The van der Waals surface area contributed by atoms with E-state index in [4.69, 9.17) is 11.6 Å². The first-order valence-corrected chi connectivity index (χ1v) is 10.6. The minimum absolute atomic E-state index is 0.0612. The maximum atomic E-state index is 12.8. The van der Waals surface area contributed by atoms with Crippen LogP contribution in [0, 0.1) is 0 Å². The molecule has 1 fully saturated rings. The molecule has 0 spiro atoms. The molecule has 9 nitrogen and oxygen atoms in total. The summed E-state index contributed by atoms with van der Waals surface area (Å²) in [6.45, 7) is 1.37. The number of hydrogen-bond donors (Lipinski definition) is 2. The van der Waals surface area contributed by atoms with E-state index in [1.807, 2.05) is 0 Å². The molecule has 3 aromatic rings. The molecule has 1 aromatic heterocycles. The van der Waals surface area contributed by atoms with E-state index in [2.05, 4.69) is 20.6 Å². The van der Waals surface area contributed by atoms with Crippen LogP contribution >= 0.6 is 11.6 Å². The van der Waals surface area contributed by atoms with Gasteiger partial charge in [-0.2, -0.15) is 0 Å². The summed E-state index contributed by atoms with van der Waals surface area (Å²) in [6.07, 6.45) is 3.57. The Morgan fingerprint density at radius 1 is 0.848 bits per heavy atom. The number of nitrogens with one attached hydrogen (secondary N) is 2. The first-order valence-electron chi connectivity index (χ1n) is 10.2. The molecular formula is C23H21ClN6O3. The second-order valence-corrected chi connectivity index (χ2v) is 7.86. The number of rotatable bonds is 5. The third-order valence-corrected chi connectivity index (χ3v) is 5.35. The number of aromatic nitrogens is 2. The van der Waals surface area contributed by atoms with Crippen LogP contribution in [0.2, 0.25) is 5.02 Å². The number of anilines is 3. The highest BCUT2D eigenvalue weighted by atomic mass is 35.5. The lowest BCUT2D eigenvalue weighted by Crippen LogP contribution is -2.47. The number of benzene rings is 2. The SMILES string of the molecule is CN1CCCN(c2ccc(NC(=O)c3nccnc3C(=O)Nc3ccc(Cl)cc3)cc2)C1=O. The van der Waals surface area contributed by atoms with E-state index in [1.54, 1.807) is 65.4 Å². The van der Waals surface area contributed by atoms with Crippen LogP contribution in [0.4, 0.5) is 21.9 Å². The summed E-state index contributed by atoms with van der Waals surface area (Å²) in [7, 11) is 1.77. The van der Waals surface area contributed by atoms with Crippen molar-refractivity contribution in [2.45, 2.75) is 6.42 Å². The van der Waals surface area contributed by atoms with Gasteiger partial charge in [0.05, 0.1) is 0 Å². The molecule has 0 unspecified atom stereocenters. The number of amides is 4. The highest BCUT2D eigenvalue weighted by Gasteiger charge is 2.24. The Bertz CT molecular complexity index is 1180. The molecule has 4 amide bonds. The summed E-state index contributed by atoms with van der Waals surface area (Å²) in [4.78, 5) is 49.3. The van der Waals surface area contributed by atoms with Gasteiger partial charge in [-0.15, -0.1) is 0 Å². The smallest absolute Gasteiger partial charge is 0.324 e. The minimum atomic E-state index is -0.578. The molecule has 1 aliphatic rings. The van der Waals surface area contributed by atoms with Crippen LogP contribution in [0.1, 0.15) is 27.4 Å². The van der Waals surface area contributed by atoms with Crippen molar-refractivity contribution in [1.82, 2.24) is 14.9 Å². The van der Waals surface area contributed by atoms with Crippen LogP contribution < -0.4 is 15.5 Å². The van der Waals surface area contributed by atoms with Gasteiger partial charge in [-0.05, 0) is 55.0 Å². The van der Waals surface area contributed by atoms with Crippen LogP contribution in [0.15, 0.2) is 60.9 Å². The fraction of sp³-hybridized carbons (Fsp3) is 0.174. The van der Waals surface area contributed by atoms with Crippen molar-refractivity contribution in [2.75, 3.05) is 35.7 Å². The van der Waals surface area contributed by atoms with E-state index in [9.17, 15) is 14.4 Å². The van der Waals surface area contributed by atoms with Crippen molar-refractivity contribution in [3.63, 3.8) is 0 Å². The summed E-state index contributed by atoms with van der Waals surface area (Å²) in [5.74, 6) is -1.15. The third-order valence-electron chi connectivity index (χ3n) is 5.10. The third kappa shape index (κ3) is 5.09. The van der Waals surface area contributed by atoms with Gasteiger partial charge in [0.1, 0.15) is 0 Å². The van der Waals surface area contributed by atoms with Gasteiger partial charge in [0, 0.05) is 54.6 Å². The predicted octanol–water partition coefficient (Wildman–Crippen LogP) is 3.90. The summed E-state index contributed by atoms with van der Waals surface area (Å²) < 4.78 is 0. The lowest BCUT2D eigenvalue weighted by molar-refractivity contribution is 0.0983. The average molecular weight is 465 g/mol. The molecule has 0 radical (unpaired) electrons. The minimum Gasteiger partial charge on any atom is -0.327 e. The zero-order chi connectivity index (χ0) is 23.4. The number of urea groups is 1. The maximum absolute atomic E-state index is 12.8. The van der Waals surface area contributed by atoms with Gasteiger partial charge in [-0.1, -0.05) is 11.6 Å². The first kappa shape index (κ1) is 22.2. The standard InChI is InChI=1S/C23H21ClN6O3/c1-29-13-2-14-30(23(29)33)18-9-7-17(8-10-18)28-22(32)20-19(25-11-12-26-20)21(31)27-16-5-3-15(24)4-6-16/h3-12H,2,13-14H2,1H3,(H,27,31)(H,28,32). The zero-order valence-electron chi connectivity index (χ0n) is 17.8. The van der Waals surface area contributed by atoms with E-state index in [0.717, 1.165) is 18.7 Å². The van der Waals surface area contributed by atoms with E-state index in [1.165, 1.54) is 12.4 Å². The molecule has 168 valence electrons. The van der Waals surface area contributed by atoms with Crippen molar-refractivity contribution < 1.29 is 14.4 Å². The first-order chi connectivity index (χ1) is 15.9. The number of carbonyl (C=O) groups is 3. The summed E-state index contributed by atoms with van der Waals surface area (Å²) in [6, 6.07) is 13.4. The molecule has 10 heteroatoms. The fourth-order valence-corrected chi connectivity index (χ4v) is 3.54. The molecule has 4 rings (SSSR count). The second-order valence-electron chi connectivity index (χ2n) is 7.42. The topological polar surface area (TPSA) is 108 Å². The predicted molar refractivity (Wildman–Crippen MR) is 126 cm³/mol. The van der Waals surface area contributed by atoms with Crippen LogP contribution in [-0.2, 0) is 0 Å². The van der Waals surface area contributed by atoms with Crippen LogP contribution in [0.3, 0.4) is 0 Å². The highest BCUT2D eigenvalue weighted by Crippen LogP contribution is 2.22. The Kier molecular flexibility index (Phi) is 6.50. The van der Waals surface area contributed by atoms with E-state index in [-0.39, 0.29) is 17.4 Å². The summed E-state index contributed by atoms with van der Waals surface area (Å²) in [5, 5.41) is 5.93. The fourth-order valence-electron chi connectivity index (χ4n) is 3.41. The molecule has 0 aliphatic carbocycles. The van der Waals surface area contributed by atoms with Gasteiger partial charge in [0.2, 0.25) is 0 Å². The van der Waals surface area contributed by atoms with Gasteiger partial charge >= 0.3 is 6.03 Å². The van der Waals surface area contributed by atoms with Crippen molar-refractivity contribution >= 4 is 46.5 Å². The molecular weight excluding hydrogens is 444 g/mol. The number of nitrogens with zero attached hydrogens (tertiary/aromatic N) is 4. The molecule has 1 saturated heterocycles. The van der Waals surface area contributed by atoms with Gasteiger partial charge in [-0.25, -0.2) is 14.8 Å². The van der Waals surface area contributed by atoms with Crippen LogP contribution in [0.25, 0.3) is 0 Å². The lowest BCUT2D eigenvalue weighted by Gasteiger charge is -2.33. The van der Waals surface area contributed by atoms with Crippen LogP contribution in [0.5, 0.6) is 0 Å². The van der Waals surface area contributed by atoms with Crippen molar-refractivity contribution in [1.29, 1.82) is 0 Å². The van der Waals surface area contributed by atoms with E-state index >= 15 is 0 Å². The van der Waals surface area contributed by atoms with Crippen molar-refractivity contribution in [3.05, 3.63) is 77.3 Å². The van der Waals surface area contributed by atoms with Crippen molar-refractivity contribution in [3.8, 4) is 0 Å². The molecule has 2 N–H and O–H groups in total. The molecule has 0 saturated carbocycles. The Balaban J connectivity index is 1.47. The Morgan fingerprint density at radius 2 is 1.36 bits per heavy atom. The molecule has 2 aromatic carbocycles. The second kappa shape index (κ2) is 9.66. The summed E-state index contributed by atoms with van der Waals surface area (Å²) in [5.41, 5.74) is 1.53. The molecule has 33 heavy (non-hydrogen) atoms. The maximum Gasteiger partial charge on any atom is 0.324 e. The lowest BCUT2D eigenvalue weighted by atomic mass is 10.2.